The van der Waals surface area contributed by atoms with Crippen molar-refractivity contribution in [2.45, 2.75) is 46.1 Å². The molecule has 100 valence electrons. The zero-order chi connectivity index (χ0) is 13.8. The number of aliphatic hydroxyl groups is 1. The van der Waals surface area contributed by atoms with Crippen LogP contribution in [-0.2, 0) is 0 Å². The largest absolute Gasteiger partial charge is 0.388 e. The molecule has 0 saturated heterocycles. The van der Waals surface area contributed by atoms with Crippen LogP contribution in [0.15, 0.2) is 6.07 Å². The fraction of sp³-hybridized carbons (Fsp3) is 0.615. The van der Waals surface area contributed by atoms with Gasteiger partial charge in [-0.15, -0.1) is 0 Å². The van der Waals surface area contributed by atoms with Crippen molar-refractivity contribution in [1.82, 2.24) is 15.5 Å². The quantitative estimate of drug-likeness (QED) is 0.829. The van der Waals surface area contributed by atoms with Gasteiger partial charge >= 0.3 is 0 Å². The van der Waals surface area contributed by atoms with Gasteiger partial charge in [0.1, 0.15) is 0 Å². The van der Waals surface area contributed by atoms with E-state index in [1.54, 1.807) is 26.8 Å². The summed E-state index contributed by atoms with van der Waals surface area (Å²) >= 11 is 0. The molecule has 0 aliphatic heterocycles. The molecule has 0 bridgehead atoms. The van der Waals surface area contributed by atoms with Gasteiger partial charge in [0, 0.05) is 6.54 Å². The van der Waals surface area contributed by atoms with Crippen molar-refractivity contribution in [3.05, 3.63) is 23.0 Å². The van der Waals surface area contributed by atoms with Gasteiger partial charge in [-0.1, -0.05) is 13.3 Å². The summed E-state index contributed by atoms with van der Waals surface area (Å²) in [4.78, 5) is 12.0. The highest BCUT2D eigenvalue weighted by atomic mass is 16.3. The Morgan fingerprint density at radius 2 is 2.11 bits per heavy atom. The Labute approximate surface area is 108 Å². The van der Waals surface area contributed by atoms with Gasteiger partial charge in [0.2, 0.25) is 0 Å². The molecule has 0 aliphatic rings. The Hall–Kier alpha value is -1.49. The Morgan fingerprint density at radius 1 is 1.44 bits per heavy atom. The third-order valence-electron chi connectivity index (χ3n) is 2.76. The number of hydrogen-bond donors (Lipinski definition) is 2. The fourth-order valence-electron chi connectivity index (χ4n) is 1.77. The first-order chi connectivity index (χ1) is 8.35. The van der Waals surface area contributed by atoms with Crippen molar-refractivity contribution >= 4 is 5.91 Å². The maximum Gasteiger partial charge on any atom is 0.253 e. The van der Waals surface area contributed by atoms with Crippen LogP contribution in [-0.4, -0.2) is 33.4 Å². The van der Waals surface area contributed by atoms with Crippen LogP contribution in [0.3, 0.4) is 0 Å². The molecular formula is C13H21N3O2. The normalized spacial score (nSPS) is 14.1. The van der Waals surface area contributed by atoms with Crippen molar-refractivity contribution in [2.24, 2.45) is 0 Å². The first kappa shape index (κ1) is 14.6. The maximum atomic E-state index is 12.0. The zero-order valence-electron chi connectivity index (χ0n) is 11.4. The standard InChI is InChI=1S/C13H21N3O2/c1-5-6-13(4,18)8-14-12(17)11-7-9(2)15-16-10(11)3/h7,18H,5-6,8H2,1-4H3,(H,14,17). The van der Waals surface area contributed by atoms with Gasteiger partial charge in [0.05, 0.1) is 22.6 Å². The monoisotopic (exact) mass is 251 g/mol. The Morgan fingerprint density at radius 3 is 2.72 bits per heavy atom. The Bertz CT molecular complexity index is 430. The first-order valence-corrected chi connectivity index (χ1v) is 6.17. The molecule has 0 saturated carbocycles. The highest BCUT2D eigenvalue weighted by Crippen LogP contribution is 2.11. The lowest BCUT2D eigenvalue weighted by Gasteiger charge is -2.23. The highest BCUT2D eigenvalue weighted by Gasteiger charge is 2.21. The van der Waals surface area contributed by atoms with Crippen LogP contribution in [0.5, 0.6) is 0 Å². The van der Waals surface area contributed by atoms with Gasteiger partial charge in [-0.3, -0.25) is 4.79 Å². The molecule has 0 fully saturated rings. The van der Waals surface area contributed by atoms with E-state index in [2.05, 4.69) is 15.5 Å². The summed E-state index contributed by atoms with van der Waals surface area (Å²) in [7, 11) is 0. The number of amides is 1. The molecule has 2 N–H and O–H groups in total. The third kappa shape index (κ3) is 4.07. The summed E-state index contributed by atoms with van der Waals surface area (Å²) in [5, 5.41) is 20.5. The average molecular weight is 251 g/mol. The predicted molar refractivity (Wildman–Crippen MR) is 69.4 cm³/mol. The summed E-state index contributed by atoms with van der Waals surface area (Å²) in [5.41, 5.74) is 0.933. The lowest BCUT2D eigenvalue weighted by atomic mass is 10.0. The average Bonchev–Trinajstić information content (AvgIpc) is 2.29. The van der Waals surface area contributed by atoms with Crippen LogP contribution in [0.25, 0.3) is 0 Å². The summed E-state index contributed by atoms with van der Waals surface area (Å²) < 4.78 is 0. The number of carbonyl (C=O) groups excluding carboxylic acids is 1. The molecule has 1 amide bonds. The second kappa shape index (κ2) is 5.91. The van der Waals surface area contributed by atoms with E-state index in [4.69, 9.17) is 0 Å². The van der Waals surface area contributed by atoms with E-state index in [0.717, 1.165) is 6.42 Å². The zero-order valence-corrected chi connectivity index (χ0v) is 11.4. The summed E-state index contributed by atoms with van der Waals surface area (Å²) in [6.45, 7) is 7.48. The number of hydrogen-bond acceptors (Lipinski definition) is 4. The summed E-state index contributed by atoms with van der Waals surface area (Å²) in [6.07, 6.45) is 1.53. The molecule has 1 rings (SSSR count). The molecule has 0 spiro atoms. The van der Waals surface area contributed by atoms with E-state index >= 15 is 0 Å². The van der Waals surface area contributed by atoms with Gasteiger partial charge in [0.25, 0.3) is 5.91 Å². The Balaban J connectivity index is 2.69. The van der Waals surface area contributed by atoms with Gasteiger partial charge in [0.15, 0.2) is 0 Å². The molecular weight excluding hydrogens is 230 g/mol. The number of aryl methyl sites for hydroxylation is 2. The van der Waals surface area contributed by atoms with E-state index in [9.17, 15) is 9.90 Å². The topological polar surface area (TPSA) is 75.1 Å². The number of carbonyl (C=O) groups is 1. The third-order valence-corrected chi connectivity index (χ3v) is 2.76. The highest BCUT2D eigenvalue weighted by molar-refractivity contribution is 5.95. The van der Waals surface area contributed by atoms with E-state index in [0.29, 0.717) is 23.4 Å². The molecule has 1 unspecified atom stereocenters. The minimum Gasteiger partial charge on any atom is -0.388 e. The van der Waals surface area contributed by atoms with Crippen molar-refractivity contribution in [2.75, 3.05) is 6.54 Å². The van der Waals surface area contributed by atoms with E-state index in [1.807, 2.05) is 6.92 Å². The molecule has 1 atom stereocenters. The summed E-state index contributed by atoms with van der Waals surface area (Å²) in [5.74, 6) is -0.220. The van der Waals surface area contributed by atoms with Crippen LogP contribution in [0, 0.1) is 13.8 Å². The fourth-order valence-corrected chi connectivity index (χ4v) is 1.77. The van der Waals surface area contributed by atoms with Crippen LogP contribution in [0.1, 0.15) is 48.4 Å². The minimum absolute atomic E-state index is 0.220. The lowest BCUT2D eigenvalue weighted by molar-refractivity contribution is 0.0469. The number of aromatic nitrogens is 2. The predicted octanol–water partition coefficient (Wildman–Crippen LogP) is 1.37. The molecule has 1 aromatic rings. The molecule has 0 aromatic carbocycles. The van der Waals surface area contributed by atoms with Crippen LogP contribution in [0.2, 0.25) is 0 Å². The van der Waals surface area contributed by atoms with Crippen molar-refractivity contribution in [3.63, 3.8) is 0 Å². The van der Waals surface area contributed by atoms with Crippen LogP contribution < -0.4 is 5.32 Å². The molecule has 5 heteroatoms. The molecule has 0 aliphatic carbocycles. The van der Waals surface area contributed by atoms with E-state index < -0.39 is 5.60 Å². The molecule has 1 heterocycles. The minimum atomic E-state index is -0.867. The maximum absolute atomic E-state index is 12.0. The smallest absolute Gasteiger partial charge is 0.253 e. The summed E-state index contributed by atoms with van der Waals surface area (Å²) in [6, 6.07) is 1.70. The van der Waals surface area contributed by atoms with Crippen molar-refractivity contribution in [1.29, 1.82) is 0 Å². The van der Waals surface area contributed by atoms with Gasteiger partial charge in [-0.05, 0) is 33.3 Å². The van der Waals surface area contributed by atoms with Gasteiger partial charge in [-0.25, -0.2) is 0 Å². The second-order valence-electron chi connectivity index (χ2n) is 4.91. The SMILES string of the molecule is CCCC(C)(O)CNC(=O)c1cc(C)nnc1C. The number of rotatable bonds is 5. The second-order valence-corrected chi connectivity index (χ2v) is 4.91. The molecule has 1 aromatic heterocycles. The molecule has 5 nitrogen and oxygen atoms in total. The van der Waals surface area contributed by atoms with Gasteiger partial charge in [-0.2, -0.15) is 10.2 Å². The van der Waals surface area contributed by atoms with Gasteiger partial charge < -0.3 is 10.4 Å². The number of nitrogens with one attached hydrogen (secondary N) is 1. The first-order valence-electron chi connectivity index (χ1n) is 6.17. The molecule has 18 heavy (non-hydrogen) atoms. The van der Waals surface area contributed by atoms with Crippen LogP contribution in [0.4, 0.5) is 0 Å². The van der Waals surface area contributed by atoms with Crippen molar-refractivity contribution < 1.29 is 9.90 Å². The molecule has 0 radical (unpaired) electrons. The number of nitrogens with zero attached hydrogens (tertiary/aromatic N) is 2. The lowest BCUT2D eigenvalue weighted by Crippen LogP contribution is -2.40. The van der Waals surface area contributed by atoms with E-state index in [1.165, 1.54) is 0 Å². The Kier molecular flexibility index (Phi) is 4.78. The van der Waals surface area contributed by atoms with E-state index in [-0.39, 0.29) is 12.5 Å². The van der Waals surface area contributed by atoms with Crippen LogP contribution >= 0.6 is 0 Å². The van der Waals surface area contributed by atoms with Crippen molar-refractivity contribution in [3.8, 4) is 0 Å².